The molecule has 1 heterocycles. The number of aliphatic hydroxyl groups excluding tert-OH is 1. The average molecular weight is 348 g/mol. The monoisotopic (exact) mass is 348 g/mol. The minimum Gasteiger partial charge on any atom is -0.393 e. The number of rotatable bonds is 5. The van der Waals surface area contributed by atoms with E-state index in [0.717, 1.165) is 5.69 Å². The summed E-state index contributed by atoms with van der Waals surface area (Å²) in [5.74, 6) is -0.414. The topological polar surface area (TPSA) is 35.5 Å². The molecule has 0 spiro atoms. The van der Waals surface area contributed by atoms with E-state index >= 15 is 0 Å². The van der Waals surface area contributed by atoms with E-state index < -0.39 is 30.5 Å². The van der Waals surface area contributed by atoms with Crippen LogP contribution in [0.5, 0.6) is 0 Å². The molecular formula is C17H24F4N2O. The Bertz CT molecular complexity index is 542. The Morgan fingerprint density at radius 1 is 1.25 bits per heavy atom. The van der Waals surface area contributed by atoms with Crippen molar-refractivity contribution in [3.63, 3.8) is 0 Å². The molecule has 0 amide bonds. The Kier molecular flexibility index (Phi) is 6.09. The summed E-state index contributed by atoms with van der Waals surface area (Å²) >= 11 is 0. The van der Waals surface area contributed by atoms with Gasteiger partial charge in [-0.05, 0) is 50.5 Å². The van der Waals surface area contributed by atoms with E-state index in [2.05, 4.69) is 5.32 Å². The average Bonchev–Trinajstić information content (AvgIpc) is 2.46. The van der Waals surface area contributed by atoms with Crippen LogP contribution in [-0.2, 0) is 0 Å². The molecule has 2 unspecified atom stereocenters. The summed E-state index contributed by atoms with van der Waals surface area (Å²) in [6.07, 6.45) is -4.24. The van der Waals surface area contributed by atoms with Crippen LogP contribution in [0.2, 0.25) is 0 Å². The molecular weight excluding hydrogens is 324 g/mol. The lowest BCUT2D eigenvalue weighted by Gasteiger charge is -2.34. The van der Waals surface area contributed by atoms with E-state index in [0.29, 0.717) is 31.5 Å². The molecule has 2 atom stereocenters. The van der Waals surface area contributed by atoms with Crippen molar-refractivity contribution in [2.75, 3.05) is 18.0 Å². The largest absolute Gasteiger partial charge is 0.393 e. The fourth-order valence-corrected chi connectivity index (χ4v) is 3.19. The molecule has 7 heteroatoms. The zero-order valence-corrected chi connectivity index (χ0v) is 13.9. The Balaban J connectivity index is 2.14. The van der Waals surface area contributed by atoms with Gasteiger partial charge >= 0.3 is 6.18 Å². The first-order valence-electron chi connectivity index (χ1n) is 8.21. The van der Waals surface area contributed by atoms with Gasteiger partial charge in [0.1, 0.15) is 5.82 Å². The van der Waals surface area contributed by atoms with Crippen molar-refractivity contribution < 1.29 is 22.7 Å². The van der Waals surface area contributed by atoms with Crippen LogP contribution in [0.4, 0.5) is 23.2 Å². The molecule has 1 fully saturated rings. The normalized spacial score (nSPS) is 19.4. The molecule has 0 radical (unpaired) electrons. The maximum atomic E-state index is 13.7. The van der Waals surface area contributed by atoms with E-state index in [1.165, 1.54) is 19.1 Å². The predicted octanol–water partition coefficient (Wildman–Crippen LogP) is 3.78. The number of benzene rings is 1. The van der Waals surface area contributed by atoms with E-state index in [1.54, 1.807) is 13.0 Å². The summed E-state index contributed by atoms with van der Waals surface area (Å²) < 4.78 is 51.2. The Morgan fingerprint density at radius 3 is 2.46 bits per heavy atom. The zero-order valence-electron chi connectivity index (χ0n) is 13.9. The van der Waals surface area contributed by atoms with E-state index in [-0.39, 0.29) is 6.10 Å². The molecule has 3 nitrogen and oxygen atoms in total. The smallest absolute Gasteiger partial charge is 0.390 e. The summed E-state index contributed by atoms with van der Waals surface area (Å²) in [5.41, 5.74) is 1.45. The first-order chi connectivity index (χ1) is 11.2. The van der Waals surface area contributed by atoms with Gasteiger partial charge in [-0.1, -0.05) is 0 Å². The molecule has 1 saturated heterocycles. The van der Waals surface area contributed by atoms with Crippen molar-refractivity contribution in [2.24, 2.45) is 0 Å². The summed E-state index contributed by atoms with van der Waals surface area (Å²) in [7, 11) is 0. The number of alkyl halides is 3. The zero-order chi connectivity index (χ0) is 17.9. The Labute approximate surface area is 139 Å². The molecule has 24 heavy (non-hydrogen) atoms. The third-order valence-electron chi connectivity index (χ3n) is 4.33. The minimum atomic E-state index is -4.24. The van der Waals surface area contributed by atoms with Crippen molar-refractivity contribution in [3.8, 4) is 0 Å². The van der Waals surface area contributed by atoms with E-state index in [1.807, 2.05) is 4.90 Å². The van der Waals surface area contributed by atoms with Gasteiger partial charge < -0.3 is 15.3 Å². The standard InChI is InChI=1S/C17H24F4N2O/c1-11(10-17(19,20)21)22-12(2)15-9-13(18)3-4-16(15)23-7-5-14(24)6-8-23/h3-4,9,11-12,14,22,24H,5-8,10H2,1-2H3. The van der Waals surface area contributed by atoms with E-state index in [9.17, 15) is 22.7 Å². The van der Waals surface area contributed by atoms with Crippen molar-refractivity contribution in [2.45, 2.75) is 57.5 Å². The van der Waals surface area contributed by atoms with Crippen LogP contribution in [0.1, 0.15) is 44.7 Å². The first kappa shape index (κ1) is 19.0. The van der Waals surface area contributed by atoms with Gasteiger partial charge in [0.15, 0.2) is 0 Å². The van der Waals surface area contributed by atoms with Crippen LogP contribution < -0.4 is 10.2 Å². The quantitative estimate of drug-likeness (QED) is 0.795. The second-order valence-corrected chi connectivity index (χ2v) is 6.53. The molecule has 0 aromatic heterocycles. The number of nitrogens with zero attached hydrogens (tertiary/aromatic N) is 1. The third-order valence-corrected chi connectivity index (χ3v) is 4.33. The minimum absolute atomic E-state index is 0.326. The number of hydrogen-bond donors (Lipinski definition) is 2. The highest BCUT2D eigenvalue weighted by Crippen LogP contribution is 2.31. The first-order valence-corrected chi connectivity index (χ1v) is 8.21. The fourth-order valence-electron chi connectivity index (χ4n) is 3.19. The van der Waals surface area contributed by atoms with Crippen LogP contribution >= 0.6 is 0 Å². The number of halogens is 4. The molecule has 136 valence electrons. The van der Waals surface area contributed by atoms with Gasteiger partial charge in [-0.2, -0.15) is 13.2 Å². The maximum Gasteiger partial charge on any atom is 0.390 e. The second-order valence-electron chi connectivity index (χ2n) is 6.53. The van der Waals surface area contributed by atoms with Crippen LogP contribution in [0.15, 0.2) is 18.2 Å². The van der Waals surface area contributed by atoms with Crippen molar-refractivity contribution >= 4 is 5.69 Å². The van der Waals surface area contributed by atoms with Gasteiger partial charge in [0.25, 0.3) is 0 Å². The highest BCUT2D eigenvalue weighted by Gasteiger charge is 2.31. The molecule has 1 aromatic carbocycles. The molecule has 2 N–H and O–H groups in total. The molecule has 0 bridgehead atoms. The molecule has 0 saturated carbocycles. The number of hydrogen-bond acceptors (Lipinski definition) is 3. The highest BCUT2D eigenvalue weighted by atomic mass is 19.4. The number of piperidine rings is 1. The fraction of sp³-hybridized carbons (Fsp3) is 0.647. The Hall–Kier alpha value is -1.34. The summed E-state index contributed by atoms with van der Waals surface area (Å²) in [6.45, 7) is 4.50. The molecule has 1 aromatic rings. The number of anilines is 1. The number of aliphatic hydroxyl groups is 1. The molecule has 1 aliphatic heterocycles. The van der Waals surface area contributed by atoms with Gasteiger partial charge in [0, 0.05) is 30.9 Å². The lowest BCUT2D eigenvalue weighted by Crippen LogP contribution is -2.38. The second kappa shape index (κ2) is 7.70. The van der Waals surface area contributed by atoms with Crippen LogP contribution in [0.3, 0.4) is 0 Å². The van der Waals surface area contributed by atoms with Crippen LogP contribution in [0.25, 0.3) is 0 Å². The lowest BCUT2D eigenvalue weighted by atomic mass is 10.0. The summed E-state index contributed by atoms with van der Waals surface area (Å²) in [6, 6.07) is 3.21. The highest BCUT2D eigenvalue weighted by molar-refractivity contribution is 5.55. The van der Waals surface area contributed by atoms with Crippen molar-refractivity contribution in [3.05, 3.63) is 29.6 Å². The molecule has 1 aliphatic rings. The van der Waals surface area contributed by atoms with Crippen molar-refractivity contribution in [1.82, 2.24) is 5.32 Å². The van der Waals surface area contributed by atoms with Gasteiger partial charge in [0.05, 0.1) is 12.5 Å². The Morgan fingerprint density at radius 2 is 1.88 bits per heavy atom. The predicted molar refractivity (Wildman–Crippen MR) is 85.5 cm³/mol. The van der Waals surface area contributed by atoms with Gasteiger partial charge in [-0.25, -0.2) is 4.39 Å². The summed E-state index contributed by atoms with van der Waals surface area (Å²) in [4.78, 5) is 2.05. The van der Waals surface area contributed by atoms with Gasteiger partial charge in [-0.3, -0.25) is 0 Å². The SMILES string of the molecule is CC(CC(F)(F)F)NC(C)c1cc(F)ccc1N1CCC(O)CC1. The van der Waals surface area contributed by atoms with Crippen molar-refractivity contribution in [1.29, 1.82) is 0 Å². The van der Waals surface area contributed by atoms with Crippen LogP contribution in [0, 0.1) is 5.82 Å². The molecule has 0 aliphatic carbocycles. The third kappa shape index (κ3) is 5.34. The van der Waals surface area contributed by atoms with Gasteiger partial charge in [0.2, 0.25) is 0 Å². The molecule has 2 rings (SSSR count). The maximum absolute atomic E-state index is 13.7. The number of nitrogens with one attached hydrogen (secondary N) is 1. The van der Waals surface area contributed by atoms with Gasteiger partial charge in [-0.15, -0.1) is 0 Å². The van der Waals surface area contributed by atoms with Crippen LogP contribution in [-0.4, -0.2) is 36.5 Å². The van der Waals surface area contributed by atoms with E-state index in [4.69, 9.17) is 0 Å². The summed E-state index contributed by atoms with van der Waals surface area (Å²) in [5, 5.41) is 12.5. The lowest BCUT2D eigenvalue weighted by molar-refractivity contribution is -0.139.